The Morgan fingerprint density at radius 2 is 1.57 bits per heavy atom. The molecular weight excluding hydrogens is 481 g/mol. The fraction of sp³-hybridized carbons (Fsp3) is 0.214. The number of hydrogen-bond donors (Lipinski definition) is 1. The summed E-state index contributed by atoms with van der Waals surface area (Å²) in [6.45, 7) is 0.878. The molecule has 2 heterocycles. The third-order valence-electron chi connectivity index (χ3n) is 6.34. The van der Waals surface area contributed by atoms with Crippen LogP contribution in [0.2, 0.25) is 0 Å². The second-order valence-corrected chi connectivity index (χ2v) is 8.76. The Labute approximate surface area is 212 Å². The average Bonchev–Trinajstić information content (AvgIpc) is 3.34. The maximum absolute atomic E-state index is 13.8. The van der Waals surface area contributed by atoms with E-state index in [1.165, 1.54) is 17.0 Å². The van der Waals surface area contributed by atoms with E-state index in [9.17, 15) is 18.0 Å². The monoisotopic (exact) mass is 506 g/mol. The van der Waals surface area contributed by atoms with Crippen molar-refractivity contribution in [3.63, 3.8) is 0 Å². The van der Waals surface area contributed by atoms with Crippen LogP contribution < -0.4 is 10.3 Å². The van der Waals surface area contributed by atoms with Crippen LogP contribution >= 0.6 is 0 Å². The molecule has 1 unspecified atom stereocenters. The van der Waals surface area contributed by atoms with Crippen molar-refractivity contribution < 1.29 is 22.7 Å². The van der Waals surface area contributed by atoms with E-state index in [0.717, 1.165) is 29.0 Å². The predicted octanol–water partition coefficient (Wildman–Crippen LogP) is 4.64. The lowest BCUT2D eigenvalue weighted by atomic mass is 10.0. The van der Waals surface area contributed by atoms with Crippen molar-refractivity contribution in [1.29, 1.82) is 0 Å². The number of halogens is 3. The molecule has 9 heteroatoms. The first-order valence-corrected chi connectivity index (χ1v) is 11.8. The number of nitrogens with one attached hydrogen (secondary N) is 1. The minimum absolute atomic E-state index is 0.246. The molecule has 2 aliphatic rings. The Bertz CT molecular complexity index is 1280. The van der Waals surface area contributed by atoms with Crippen LogP contribution in [-0.2, 0) is 15.7 Å². The number of nitrogens with zero attached hydrogens (tertiary/aromatic N) is 3. The smallest absolute Gasteiger partial charge is 0.382 e. The van der Waals surface area contributed by atoms with Gasteiger partial charge in [0.15, 0.2) is 0 Å². The molecule has 0 aromatic heterocycles. The lowest BCUT2D eigenvalue weighted by Crippen LogP contribution is -2.58. The SMILES string of the molecule is COCC1CN(c2ccc(C(F)(F)F)cc2)C(=O)C2=C(N=C(c3ccccc3)c3ccccc3)CNN21. The predicted molar refractivity (Wildman–Crippen MR) is 135 cm³/mol. The number of carbonyl (C=O) groups excluding carboxylic acids is 1. The van der Waals surface area contributed by atoms with Gasteiger partial charge in [-0.3, -0.25) is 9.80 Å². The Morgan fingerprint density at radius 1 is 0.973 bits per heavy atom. The van der Waals surface area contributed by atoms with Crippen molar-refractivity contribution in [3.05, 3.63) is 113 Å². The Hall–Kier alpha value is -3.95. The number of aliphatic imine (C=N–C) groups is 1. The molecule has 0 aliphatic carbocycles. The number of amides is 1. The standard InChI is InChI=1S/C28H25F3N4O2/c1-37-18-23-17-34(22-14-12-21(13-15-22)28(29,30)31)27(36)26-24(16-32-35(23)26)33-25(19-8-4-2-5-9-19)20-10-6-3-7-11-20/h2-15,23,32H,16-18H2,1H3. The van der Waals surface area contributed by atoms with Crippen molar-refractivity contribution in [3.8, 4) is 0 Å². The number of ether oxygens (including phenoxy) is 1. The molecule has 190 valence electrons. The average molecular weight is 507 g/mol. The summed E-state index contributed by atoms with van der Waals surface area (Å²) in [5.74, 6) is -0.337. The molecule has 1 saturated heterocycles. The molecular formula is C28H25F3N4O2. The molecule has 0 radical (unpaired) electrons. The van der Waals surface area contributed by atoms with Crippen LogP contribution in [0.25, 0.3) is 0 Å². The molecule has 3 aromatic rings. The maximum atomic E-state index is 13.8. The number of hydrogen-bond acceptors (Lipinski definition) is 5. The van der Waals surface area contributed by atoms with Gasteiger partial charge in [0.2, 0.25) is 0 Å². The van der Waals surface area contributed by atoms with Gasteiger partial charge >= 0.3 is 6.18 Å². The maximum Gasteiger partial charge on any atom is 0.416 e. The quantitative estimate of drug-likeness (QED) is 0.495. The molecule has 0 bridgehead atoms. The molecule has 3 aromatic carbocycles. The molecule has 1 amide bonds. The fourth-order valence-corrected chi connectivity index (χ4v) is 4.59. The van der Waals surface area contributed by atoms with Crippen LogP contribution in [0.4, 0.5) is 18.9 Å². The summed E-state index contributed by atoms with van der Waals surface area (Å²) in [6.07, 6.45) is -4.45. The number of anilines is 1. The summed E-state index contributed by atoms with van der Waals surface area (Å²) in [4.78, 5) is 20.2. The topological polar surface area (TPSA) is 57.2 Å². The first kappa shape index (κ1) is 24.7. The molecule has 2 aliphatic heterocycles. The first-order valence-electron chi connectivity index (χ1n) is 11.8. The number of methoxy groups -OCH3 is 1. The largest absolute Gasteiger partial charge is 0.416 e. The number of piperazine rings is 1. The highest BCUT2D eigenvalue weighted by molar-refractivity contribution is 6.14. The van der Waals surface area contributed by atoms with Crippen LogP contribution in [0.5, 0.6) is 0 Å². The zero-order valence-corrected chi connectivity index (χ0v) is 20.1. The van der Waals surface area contributed by atoms with Crippen molar-refractivity contribution in [2.24, 2.45) is 4.99 Å². The molecule has 37 heavy (non-hydrogen) atoms. The fourth-order valence-electron chi connectivity index (χ4n) is 4.59. The highest BCUT2D eigenvalue weighted by Crippen LogP contribution is 2.34. The van der Waals surface area contributed by atoms with Crippen LogP contribution in [0.1, 0.15) is 16.7 Å². The molecule has 5 rings (SSSR count). The van der Waals surface area contributed by atoms with Crippen LogP contribution in [0, 0.1) is 0 Å². The summed E-state index contributed by atoms with van der Waals surface area (Å²) in [7, 11) is 1.57. The molecule has 1 fully saturated rings. The van der Waals surface area contributed by atoms with Gasteiger partial charge in [0.25, 0.3) is 5.91 Å². The van der Waals surface area contributed by atoms with E-state index >= 15 is 0 Å². The summed E-state index contributed by atoms with van der Waals surface area (Å²) in [5.41, 5.74) is 6.30. The van der Waals surface area contributed by atoms with Gasteiger partial charge in [-0.1, -0.05) is 60.7 Å². The van der Waals surface area contributed by atoms with Gasteiger partial charge in [0.1, 0.15) is 5.70 Å². The van der Waals surface area contributed by atoms with Gasteiger partial charge in [0, 0.05) is 23.9 Å². The normalized spacial score (nSPS) is 17.7. The number of alkyl halides is 3. The van der Waals surface area contributed by atoms with Gasteiger partial charge in [-0.05, 0) is 24.3 Å². The first-order chi connectivity index (χ1) is 17.9. The zero-order valence-electron chi connectivity index (χ0n) is 20.1. The number of rotatable bonds is 6. The highest BCUT2D eigenvalue weighted by Gasteiger charge is 2.42. The minimum Gasteiger partial charge on any atom is -0.382 e. The summed E-state index contributed by atoms with van der Waals surface area (Å²) >= 11 is 0. The van der Waals surface area contributed by atoms with Gasteiger partial charge in [-0.15, -0.1) is 0 Å². The molecule has 1 atom stereocenters. The molecule has 1 N–H and O–H groups in total. The van der Waals surface area contributed by atoms with E-state index in [4.69, 9.17) is 9.73 Å². The second-order valence-electron chi connectivity index (χ2n) is 8.76. The summed E-state index contributed by atoms with van der Waals surface area (Å²) < 4.78 is 44.7. The van der Waals surface area contributed by atoms with E-state index in [1.807, 2.05) is 60.7 Å². The number of hydrazine groups is 1. The van der Waals surface area contributed by atoms with Crippen LogP contribution in [-0.4, -0.2) is 49.5 Å². The summed E-state index contributed by atoms with van der Waals surface area (Å²) in [5, 5.41) is 1.78. The lowest BCUT2D eigenvalue weighted by Gasteiger charge is -2.40. The van der Waals surface area contributed by atoms with E-state index < -0.39 is 11.7 Å². The molecule has 0 saturated carbocycles. The Kier molecular flexibility index (Phi) is 6.82. The number of carbonyl (C=O) groups is 1. The highest BCUT2D eigenvalue weighted by atomic mass is 19.4. The van der Waals surface area contributed by atoms with Crippen molar-refractivity contribution >= 4 is 17.3 Å². The molecule has 6 nitrogen and oxygen atoms in total. The van der Waals surface area contributed by atoms with Crippen molar-refractivity contribution in [2.75, 3.05) is 31.7 Å². The number of benzene rings is 3. The summed E-state index contributed by atoms with van der Waals surface area (Å²) in [6, 6.07) is 23.8. The van der Waals surface area contributed by atoms with Crippen molar-refractivity contribution in [2.45, 2.75) is 12.2 Å². The van der Waals surface area contributed by atoms with Gasteiger partial charge < -0.3 is 9.64 Å². The van der Waals surface area contributed by atoms with E-state index in [0.29, 0.717) is 30.2 Å². The Balaban J connectivity index is 1.59. The lowest BCUT2D eigenvalue weighted by molar-refractivity contribution is -0.137. The van der Waals surface area contributed by atoms with Gasteiger partial charge in [-0.25, -0.2) is 10.4 Å². The zero-order chi connectivity index (χ0) is 26.0. The van der Waals surface area contributed by atoms with E-state index in [-0.39, 0.29) is 18.5 Å². The molecule has 0 spiro atoms. The number of fused-ring (bicyclic) bond motifs is 1. The van der Waals surface area contributed by atoms with E-state index in [2.05, 4.69) is 5.43 Å². The van der Waals surface area contributed by atoms with E-state index in [1.54, 1.807) is 12.1 Å². The van der Waals surface area contributed by atoms with Crippen LogP contribution in [0.15, 0.2) is 101 Å². The Morgan fingerprint density at radius 3 is 2.11 bits per heavy atom. The van der Waals surface area contributed by atoms with Crippen LogP contribution in [0.3, 0.4) is 0 Å². The van der Waals surface area contributed by atoms with Crippen molar-refractivity contribution in [1.82, 2.24) is 10.4 Å². The third-order valence-corrected chi connectivity index (χ3v) is 6.34. The van der Waals surface area contributed by atoms with Gasteiger partial charge in [0.05, 0.1) is 42.7 Å². The minimum atomic E-state index is -4.45. The van der Waals surface area contributed by atoms with Gasteiger partial charge in [-0.2, -0.15) is 13.2 Å². The second kappa shape index (κ2) is 10.2. The third kappa shape index (κ3) is 5.00.